The SMILES string of the molecule is NCC(=O)N(CCCl)CCCl. The van der Waals surface area contributed by atoms with Gasteiger partial charge >= 0.3 is 0 Å². The van der Waals surface area contributed by atoms with Crippen molar-refractivity contribution < 1.29 is 4.79 Å². The van der Waals surface area contributed by atoms with Crippen molar-refractivity contribution in [2.45, 2.75) is 0 Å². The predicted molar refractivity (Wildman–Crippen MR) is 47.1 cm³/mol. The van der Waals surface area contributed by atoms with Gasteiger partial charge < -0.3 is 10.6 Å². The first-order chi connectivity index (χ1) is 5.26. The van der Waals surface area contributed by atoms with Crippen molar-refractivity contribution in [1.29, 1.82) is 0 Å². The van der Waals surface area contributed by atoms with Crippen molar-refractivity contribution in [3.63, 3.8) is 0 Å². The molecule has 0 spiro atoms. The van der Waals surface area contributed by atoms with E-state index in [-0.39, 0.29) is 12.5 Å². The summed E-state index contributed by atoms with van der Waals surface area (Å²) in [6.45, 7) is 1.06. The van der Waals surface area contributed by atoms with Crippen LogP contribution < -0.4 is 5.73 Å². The largest absolute Gasteiger partial charge is 0.339 e. The van der Waals surface area contributed by atoms with Gasteiger partial charge in [-0.2, -0.15) is 0 Å². The fraction of sp³-hybridized carbons (Fsp3) is 0.833. The third kappa shape index (κ3) is 4.45. The average Bonchev–Trinajstić information content (AvgIpc) is 2.03. The molecule has 0 aliphatic heterocycles. The third-order valence-corrected chi connectivity index (χ3v) is 1.57. The van der Waals surface area contributed by atoms with Crippen molar-refractivity contribution in [2.75, 3.05) is 31.4 Å². The molecule has 0 aliphatic rings. The summed E-state index contributed by atoms with van der Waals surface area (Å²) in [7, 11) is 0. The van der Waals surface area contributed by atoms with Crippen LogP contribution >= 0.6 is 23.2 Å². The first kappa shape index (κ1) is 11.0. The molecule has 0 rings (SSSR count). The van der Waals surface area contributed by atoms with Crippen molar-refractivity contribution in [3.05, 3.63) is 0 Å². The lowest BCUT2D eigenvalue weighted by atomic mass is 10.4. The highest BCUT2D eigenvalue weighted by atomic mass is 35.5. The summed E-state index contributed by atoms with van der Waals surface area (Å²) in [5.41, 5.74) is 5.16. The number of nitrogens with zero attached hydrogens (tertiary/aromatic N) is 1. The monoisotopic (exact) mass is 198 g/mol. The molecule has 0 aliphatic carbocycles. The molecule has 5 heteroatoms. The summed E-state index contributed by atoms with van der Waals surface area (Å²) in [6, 6.07) is 0. The van der Waals surface area contributed by atoms with Gasteiger partial charge in [0.2, 0.25) is 5.91 Å². The minimum Gasteiger partial charge on any atom is -0.339 e. The Morgan fingerprint density at radius 2 is 1.73 bits per heavy atom. The van der Waals surface area contributed by atoms with Gasteiger partial charge in [-0.05, 0) is 0 Å². The van der Waals surface area contributed by atoms with Crippen LogP contribution in [0.1, 0.15) is 0 Å². The van der Waals surface area contributed by atoms with Gasteiger partial charge in [0.05, 0.1) is 6.54 Å². The van der Waals surface area contributed by atoms with E-state index in [1.165, 1.54) is 0 Å². The lowest BCUT2D eigenvalue weighted by Crippen LogP contribution is -2.38. The van der Waals surface area contributed by atoms with E-state index in [9.17, 15) is 4.79 Å². The van der Waals surface area contributed by atoms with E-state index in [0.29, 0.717) is 24.8 Å². The Hall–Kier alpha value is 0.01000. The zero-order valence-electron chi connectivity index (χ0n) is 6.22. The van der Waals surface area contributed by atoms with Crippen molar-refractivity contribution in [1.82, 2.24) is 4.90 Å². The highest BCUT2D eigenvalue weighted by molar-refractivity contribution is 6.18. The van der Waals surface area contributed by atoms with Crippen molar-refractivity contribution >= 4 is 29.1 Å². The zero-order chi connectivity index (χ0) is 8.69. The molecule has 66 valence electrons. The predicted octanol–water partition coefficient (Wildman–Crippen LogP) is 0.251. The normalized spacial score (nSPS) is 9.73. The lowest BCUT2D eigenvalue weighted by Gasteiger charge is -2.19. The van der Waals surface area contributed by atoms with Gasteiger partial charge in [-0.15, -0.1) is 23.2 Å². The molecule has 11 heavy (non-hydrogen) atoms. The fourth-order valence-electron chi connectivity index (χ4n) is 0.694. The summed E-state index contributed by atoms with van der Waals surface area (Å²) < 4.78 is 0. The van der Waals surface area contributed by atoms with Crippen LogP contribution in [0.5, 0.6) is 0 Å². The molecule has 0 saturated carbocycles. The summed E-state index contributed by atoms with van der Waals surface area (Å²) in [5.74, 6) is 0.733. The van der Waals surface area contributed by atoms with Crippen LogP contribution in [0.3, 0.4) is 0 Å². The Kier molecular flexibility index (Phi) is 6.71. The molecule has 0 aromatic heterocycles. The molecule has 2 N–H and O–H groups in total. The maximum absolute atomic E-state index is 11.0. The minimum atomic E-state index is -0.105. The van der Waals surface area contributed by atoms with E-state index >= 15 is 0 Å². The second-order valence-corrected chi connectivity index (χ2v) is 2.72. The smallest absolute Gasteiger partial charge is 0.236 e. The molecule has 0 radical (unpaired) electrons. The van der Waals surface area contributed by atoms with Gasteiger partial charge in [-0.3, -0.25) is 4.79 Å². The number of halogens is 2. The zero-order valence-corrected chi connectivity index (χ0v) is 7.74. The first-order valence-electron chi connectivity index (χ1n) is 3.36. The summed E-state index contributed by atoms with van der Waals surface area (Å²) in [6.07, 6.45) is 0. The van der Waals surface area contributed by atoms with Crippen LogP contribution in [0.2, 0.25) is 0 Å². The summed E-state index contributed by atoms with van der Waals surface area (Å²) >= 11 is 10.9. The maximum Gasteiger partial charge on any atom is 0.236 e. The molecule has 0 bridgehead atoms. The first-order valence-corrected chi connectivity index (χ1v) is 4.43. The number of carbonyl (C=O) groups is 1. The van der Waals surface area contributed by atoms with Crippen LogP contribution in [0.25, 0.3) is 0 Å². The average molecular weight is 199 g/mol. The van der Waals surface area contributed by atoms with Gasteiger partial charge in [0.15, 0.2) is 0 Å². The molecule has 0 unspecified atom stereocenters. The number of amides is 1. The second-order valence-electron chi connectivity index (χ2n) is 1.96. The van der Waals surface area contributed by atoms with Crippen LogP contribution in [0, 0.1) is 0 Å². The number of nitrogens with two attached hydrogens (primary N) is 1. The Balaban J connectivity index is 3.76. The van der Waals surface area contributed by atoms with Gasteiger partial charge in [-0.1, -0.05) is 0 Å². The Bertz CT molecular complexity index is 115. The fourth-order valence-corrected chi connectivity index (χ4v) is 1.10. The van der Waals surface area contributed by atoms with Crippen LogP contribution in [0.15, 0.2) is 0 Å². The standard InChI is InChI=1S/C6H12Cl2N2O/c7-1-3-10(4-2-8)6(11)5-9/h1-5,9H2. The van der Waals surface area contributed by atoms with E-state index in [1.54, 1.807) is 4.90 Å². The summed E-state index contributed by atoms with van der Waals surface area (Å²) in [5, 5.41) is 0. The molecular weight excluding hydrogens is 187 g/mol. The van der Waals surface area contributed by atoms with Gasteiger partial charge in [0, 0.05) is 24.8 Å². The van der Waals surface area contributed by atoms with E-state index in [2.05, 4.69) is 0 Å². The number of hydrogen-bond donors (Lipinski definition) is 1. The van der Waals surface area contributed by atoms with Crippen LogP contribution in [0.4, 0.5) is 0 Å². The lowest BCUT2D eigenvalue weighted by molar-refractivity contribution is -0.129. The van der Waals surface area contributed by atoms with Crippen LogP contribution in [-0.4, -0.2) is 42.2 Å². The molecule has 0 atom stereocenters. The molecule has 0 fully saturated rings. The van der Waals surface area contributed by atoms with E-state index in [0.717, 1.165) is 0 Å². The van der Waals surface area contributed by atoms with Gasteiger partial charge in [0.25, 0.3) is 0 Å². The Morgan fingerprint density at radius 1 is 1.27 bits per heavy atom. The Morgan fingerprint density at radius 3 is 2.00 bits per heavy atom. The third-order valence-electron chi connectivity index (χ3n) is 1.24. The molecule has 0 aromatic carbocycles. The maximum atomic E-state index is 11.0. The number of alkyl halides is 2. The van der Waals surface area contributed by atoms with E-state index < -0.39 is 0 Å². The summed E-state index contributed by atoms with van der Waals surface area (Å²) in [4.78, 5) is 12.5. The van der Waals surface area contributed by atoms with Gasteiger partial charge in [-0.25, -0.2) is 0 Å². The molecule has 0 heterocycles. The minimum absolute atomic E-state index is 0.0216. The molecular formula is C6H12Cl2N2O. The topological polar surface area (TPSA) is 46.3 Å². The molecule has 1 amide bonds. The number of rotatable bonds is 5. The number of hydrogen-bond acceptors (Lipinski definition) is 2. The Labute approximate surface area is 76.4 Å². The van der Waals surface area contributed by atoms with Gasteiger partial charge in [0.1, 0.15) is 0 Å². The highest BCUT2D eigenvalue weighted by Gasteiger charge is 2.08. The van der Waals surface area contributed by atoms with Crippen molar-refractivity contribution in [3.8, 4) is 0 Å². The molecule has 3 nitrogen and oxygen atoms in total. The van der Waals surface area contributed by atoms with Crippen molar-refractivity contribution in [2.24, 2.45) is 5.73 Å². The molecule has 0 saturated heterocycles. The number of carbonyl (C=O) groups excluding carboxylic acids is 1. The quantitative estimate of drug-likeness (QED) is 0.645. The van der Waals surface area contributed by atoms with E-state index in [1.807, 2.05) is 0 Å². The highest BCUT2D eigenvalue weighted by Crippen LogP contribution is 1.91. The van der Waals surface area contributed by atoms with Crippen LogP contribution in [-0.2, 0) is 4.79 Å². The van der Waals surface area contributed by atoms with E-state index in [4.69, 9.17) is 28.9 Å². The molecule has 0 aromatic rings. The second kappa shape index (κ2) is 6.70.